The summed E-state index contributed by atoms with van der Waals surface area (Å²) in [5.41, 5.74) is 2.89. The van der Waals surface area contributed by atoms with Crippen molar-refractivity contribution in [2.24, 2.45) is 0 Å². The second-order valence-electron chi connectivity index (χ2n) is 8.73. The number of rotatable bonds is 14. The summed E-state index contributed by atoms with van der Waals surface area (Å²) in [6.07, 6.45) is 15.2. The van der Waals surface area contributed by atoms with Gasteiger partial charge in [-0.1, -0.05) is 83.4 Å². The summed E-state index contributed by atoms with van der Waals surface area (Å²) >= 11 is 0. The Morgan fingerprint density at radius 2 is 1.55 bits per heavy atom. The predicted molar refractivity (Wildman–Crippen MR) is 122 cm³/mol. The maximum Gasteiger partial charge on any atom is 0.265 e. The molecule has 1 aliphatic heterocycles. The van der Waals surface area contributed by atoms with Crippen molar-refractivity contribution in [3.63, 3.8) is 0 Å². The Bertz CT molecular complexity index is 743. The summed E-state index contributed by atoms with van der Waals surface area (Å²) < 4.78 is 33.6. The fourth-order valence-electron chi connectivity index (χ4n) is 4.74. The second-order valence-corrected chi connectivity index (χ2v) is 10.3. The maximum absolute atomic E-state index is 11.1. The summed E-state index contributed by atoms with van der Waals surface area (Å²) in [6, 6.07) is 8.75. The molecule has 0 aliphatic carbocycles. The van der Waals surface area contributed by atoms with Gasteiger partial charge in [0.1, 0.15) is 6.54 Å². The Morgan fingerprint density at radius 1 is 0.931 bits per heavy atom. The molecule has 4 nitrogen and oxygen atoms in total. The van der Waals surface area contributed by atoms with Gasteiger partial charge in [-0.25, -0.2) is 4.58 Å². The molecule has 1 aromatic carbocycles. The van der Waals surface area contributed by atoms with Gasteiger partial charge in [-0.3, -0.25) is 4.55 Å². The minimum atomic E-state index is -3.90. The number of benzene rings is 1. The van der Waals surface area contributed by atoms with Gasteiger partial charge in [0.15, 0.2) is 12.8 Å². The van der Waals surface area contributed by atoms with Crippen molar-refractivity contribution in [1.29, 1.82) is 0 Å². The van der Waals surface area contributed by atoms with Gasteiger partial charge in [0.05, 0.1) is 11.2 Å². The molecule has 0 saturated heterocycles. The lowest BCUT2D eigenvalue weighted by Crippen LogP contribution is -2.42. The van der Waals surface area contributed by atoms with Gasteiger partial charge in [-0.05, 0) is 24.5 Å². The molecule has 164 valence electrons. The topological polar surface area (TPSA) is 57.4 Å². The monoisotopic (exact) mass is 422 g/mol. The van der Waals surface area contributed by atoms with Gasteiger partial charge < -0.3 is 0 Å². The van der Waals surface area contributed by atoms with E-state index < -0.39 is 10.1 Å². The fraction of sp³-hybridized carbons (Fsp3) is 0.708. The molecule has 1 heterocycles. The molecule has 0 unspecified atom stereocenters. The standard InChI is InChI=1S/C24H39NO3S/c1-3-5-7-11-16-24(17-12-8-6-4-2)21-25(18-13-19-29(26,27)28)20-22-14-9-10-15-23(22)24/h9-10,14-15,20H,3-8,11-13,16-19,21H2,1-2H3/p+1. The molecule has 1 N–H and O–H groups in total. The summed E-state index contributed by atoms with van der Waals surface area (Å²) in [5.74, 6) is -0.168. The van der Waals surface area contributed by atoms with Gasteiger partial charge in [0.2, 0.25) is 0 Å². The van der Waals surface area contributed by atoms with Gasteiger partial charge in [-0.15, -0.1) is 0 Å². The molecule has 5 heteroatoms. The first kappa shape index (κ1) is 24.1. The van der Waals surface area contributed by atoms with Crippen LogP contribution < -0.4 is 0 Å². The van der Waals surface area contributed by atoms with E-state index in [0.29, 0.717) is 13.0 Å². The van der Waals surface area contributed by atoms with Crippen molar-refractivity contribution >= 4 is 16.3 Å². The molecular formula is C24H40NO3S+. The Labute approximate surface area is 178 Å². The van der Waals surface area contributed by atoms with Gasteiger partial charge >= 0.3 is 0 Å². The minimum absolute atomic E-state index is 0.144. The first-order valence-electron chi connectivity index (χ1n) is 11.5. The summed E-state index contributed by atoms with van der Waals surface area (Å²) in [7, 11) is -3.90. The van der Waals surface area contributed by atoms with E-state index >= 15 is 0 Å². The highest BCUT2D eigenvalue weighted by Gasteiger charge is 2.40. The number of fused-ring (bicyclic) bond motifs is 1. The third kappa shape index (κ3) is 7.86. The second kappa shape index (κ2) is 11.8. The molecule has 0 atom stereocenters. The van der Waals surface area contributed by atoms with Crippen LogP contribution in [0.2, 0.25) is 0 Å². The lowest BCUT2D eigenvalue weighted by Gasteiger charge is -2.36. The van der Waals surface area contributed by atoms with E-state index in [4.69, 9.17) is 4.55 Å². The summed E-state index contributed by atoms with van der Waals surface area (Å²) in [6.45, 7) is 6.12. The average Bonchev–Trinajstić information content (AvgIpc) is 2.68. The smallest absolute Gasteiger partial charge is 0.265 e. The zero-order chi connectivity index (χ0) is 21.2. The Balaban J connectivity index is 2.22. The molecule has 0 radical (unpaired) electrons. The molecule has 1 aliphatic rings. The van der Waals surface area contributed by atoms with E-state index in [1.807, 2.05) is 0 Å². The van der Waals surface area contributed by atoms with Crippen molar-refractivity contribution in [3.8, 4) is 0 Å². The van der Waals surface area contributed by atoms with E-state index in [-0.39, 0.29) is 11.2 Å². The SMILES string of the molecule is CCCCCCC1(CCCCCC)C[N+](CCCS(=O)(=O)O)=Cc2ccccc21. The van der Waals surface area contributed by atoms with Crippen molar-refractivity contribution in [2.45, 2.75) is 89.9 Å². The van der Waals surface area contributed by atoms with Crippen molar-refractivity contribution in [2.75, 3.05) is 18.8 Å². The molecule has 0 amide bonds. The maximum atomic E-state index is 11.1. The summed E-state index contributed by atoms with van der Waals surface area (Å²) in [5, 5.41) is 0. The van der Waals surface area contributed by atoms with E-state index in [9.17, 15) is 8.42 Å². The number of unbranched alkanes of at least 4 members (excludes halogenated alkanes) is 6. The zero-order valence-corrected chi connectivity index (χ0v) is 19.2. The van der Waals surface area contributed by atoms with Crippen molar-refractivity contribution < 1.29 is 17.5 Å². The molecular weight excluding hydrogens is 382 g/mol. The van der Waals surface area contributed by atoms with Crippen LogP contribution in [0.15, 0.2) is 24.3 Å². The van der Waals surface area contributed by atoms with Crippen LogP contribution in [-0.4, -0.2) is 42.6 Å². The van der Waals surface area contributed by atoms with E-state index in [1.54, 1.807) is 0 Å². The van der Waals surface area contributed by atoms with E-state index in [1.165, 1.54) is 75.3 Å². The van der Waals surface area contributed by atoms with Crippen LogP contribution in [0, 0.1) is 0 Å². The molecule has 1 aromatic rings. The molecule has 0 aromatic heterocycles. The fourth-order valence-corrected chi connectivity index (χ4v) is 5.23. The normalized spacial score (nSPS) is 15.8. The largest absolute Gasteiger partial charge is 0.286 e. The van der Waals surface area contributed by atoms with Crippen molar-refractivity contribution in [1.82, 2.24) is 0 Å². The van der Waals surface area contributed by atoms with Crippen LogP contribution in [0.5, 0.6) is 0 Å². The molecule has 2 rings (SSSR count). The predicted octanol–water partition coefficient (Wildman–Crippen LogP) is 5.59. The first-order chi connectivity index (χ1) is 13.9. The van der Waals surface area contributed by atoms with E-state index in [0.717, 1.165) is 6.54 Å². The van der Waals surface area contributed by atoms with Crippen LogP contribution in [0.25, 0.3) is 0 Å². The van der Waals surface area contributed by atoms with Crippen LogP contribution >= 0.6 is 0 Å². The highest BCUT2D eigenvalue weighted by Crippen LogP contribution is 2.39. The third-order valence-corrected chi connectivity index (χ3v) is 7.03. The van der Waals surface area contributed by atoms with Crippen LogP contribution in [-0.2, 0) is 15.5 Å². The minimum Gasteiger partial charge on any atom is -0.286 e. The van der Waals surface area contributed by atoms with Gasteiger partial charge in [-0.2, -0.15) is 8.42 Å². The highest BCUT2D eigenvalue weighted by molar-refractivity contribution is 7.85. The van der Waals surface area contributed by atoms with Crippen LogP contribution in [0.1, 0.15) is 95.6 Å². The molecule has 0 spiro atoms. The third-order valence-electron chi connectivity index (χ3n) is 6.22. The molecule has 0 fully saturated rings. The lowest BCUT2D eigenvalue weighted by molar-refractivity contribution is -0.535. The number of hydrogen-bond donors (Lipinski definition) is 1. The molecule has 0 saturated carbocycles. The van der Waals surface area contributed by atoms with Gasteiger partial charge in [0, 0.05) is 12.0 Å². The quantitative estimate of drug-likeness (QED) is 0.242. The number of hydrogen-bond acceptors (Lipinski definition) is 2. The van der Waals surface area contributed by atoms with Crippen LogP contribution in [0.4, 0.5) is 0 Å². The average molecular weight is 423 g/mol. The Kier molecular flexibility index (Phi) is 9.84. The van der Waals surface area contributed by atoms with Crippen molar-refractivity contribution in [3.05, 3.63) is 35.4 Å². The molecule has 29 heavy (non-hydrogen) atoms. The highest BCUT2D eigenvalue weighted by atomic mass is 32.2. The Morgan fingerprint density at radius 3 is 2.14 bits per heavy atom. The van der Waals surface area contributed by atoms with Gasteiger partial charge in [0.25, 0.3) is 10.1 Å². The van der Waals surface area contributed by atoms with E-state index in [2.05, 4.69) is 48.9 Å². The number of nitrogens with zero attached hydrogens (tertiary/aromatic N) is 1. The first-order valence-corrected chi connectivity index (χ1v) is 13.1. The summed E-state index contributed by atoms with van der Waals surface area (Å²) in [4.78, 5) is 0. The zero-order valence-electron chi connectivity index (χ0n) is 18.4. The van der Waals surface area contributed by atoms with Crippen LogP contribution in [0.3, 0.4) is 0 Å². The Hall–Kier alpha value is -1.20. The lowest BCUT2D eigenvalue weighted by atomic mass is 9.69. The molecule has 0 bridgehead atoms.